The average molecular weight is 383 g/mol. The summed E-state index contributed by atoms with van der Waals surface area (Å²) in [5.41, 5.74) is 1.86. The highest BCUT2D eigenvalue weighted by molar-refractivity contribution is 5.96. The van der Waals surface area contributed by atoms with Gasteiger partial charge in [-0.2, -0.15) is 0 Å². The molecule has 0 aliphatic heterocycles. The Balaban J connectivity index is 1.85. The summed E-state index contributed by atoms with van der Waals surface area (Å²) in [5.74, 6) is -1.61. The number of aryl methyl sites for hydroxylation is 1. The molecule has 0 spiro atoms. The monoisotopic (exact) mass is 383 g/mol. The molecule has 0 heterocycles. The number of aliphatic carboxylic acids is 1. The third kappa shape index (κ3) is 4.64. The van der Waals surface area contributed by atoms with E-state index in [1.54, 1.807) is 12.1 Å². The molecule has 8 nitrogen and oxygen atoms in total. The molecule has 0 aromatic heterocycles. The standard InChI is InChI=1S/C20H21N3O5/c1-12-4-2-3-5-15(12)17(11-19(24)25)22-20(26)13-6-9-16(21-14-7-8-14)18(10-13)23(27)28/h2-6,9-10,14,17,21H,7-8,11H2,1H3,(H,22,26)(H,24,25). The van der Waals surface area contributed by atoms with Gasteiger partial charge in [0.1, 0.15) is 5.69 Å². The van der Waals surface area contributed by atoms with Crippen LogP contribution in [-0.4, -0.2) is 27.9 Å². The van der Waals surface area contributed by atoms with E-state index in [0.29, 0.717) is 11.3 Å². The number of carboxylic acids is 1. The molecular formula is C20H21N3O5. The fraction of sp³-hybridized carbons (Fsp3) is 0.300. The number of hydrogen-bond acceptors (Lipinski definition) is 5. The maximum atomic E-state index is 12.7. The molecule has 146 valence electrons. The molecule has 1 saturated carbocycles. The van der Waals surface area contributed by atoms with Crippen LogP contribution in [-0.2, 0) is 4.79 Å². The molecule has 2 aromatic rings. The Morgan fingerprint density at radius 2 is 1.96 bits per heavy atom. The number of anilines is 1. The Morgan fingerprint density at radius 1 is 1.25 bits per heavy atom. The van der Waals surface area contributed by atoms with Crippen molar-refractivity contribution in [2.75, 3.05) is 5.32 Å². The van der Waals surface area contributed by atoms with Gasteiger partial charge in [-0.05, 0) is 43.0 Å². The van der Waals surface area contributed by atoms with Crippen molar-refractivity contribution in [3.63, 3.8) is 0 Å². The van der Waals surface area contributed by atoms with Crippen molar-refractivity contribution in [3.8, 4) is 0 Å². The van der Waals surface area contributed by atoms with Crippen LogP contribution in [0.4, 0.5) is 11.4 Å². The van der Waals surface area contributed by atoms with Crippen LogP contribution in [0.15, 0.2) is 42.5 Å². The van der Waals surface area contributed by atoms with Crippen LogP contribution >= 0.6 is 0 Å². The number of nitrogens with one attached hydrogen (secondary N) is 2. The van der Waals surface area contributed by atoms with Crippen molar-refractivity contribution >= 4 is 23.3 Å². The SMILES string of the molecule is Cc1ccccc1C(CC(=O)O)NC(=O)c1ccc(NC2CC2)c([N+](=O)[O-])c1. The minimum absolute atomic E-state index is 0.108. The van der Waals surface area contributed by atoms with Crippen molar-refractivity contribution in [2.45, 2.75) is 38.3 Å². The summed E-state index contributed by atoms with van der Waals surface area (Å²) >= 11 is 0. The second kappa shape index (κ2) is 8.08. The lowest BCUT2D eigenvalue weighted by atomic mass is 9.98. The lowest BCUT2D eigenvalue weighted by molar-refractivity contribution is -0.384. The molecule has 0 saturated heterocycles. The molecule has 0 bridgehead atoms. The van der Waals surface area contributed by atoms with E-state index in [1.807, 2.05) is 19.1 Å². The van der Waals surface area contributed by atoms with Crippen LogP contribution in [0.25, 0.3) is 0 Å². The number of carbonyl (C=O) groups is 2. The smallest absolute Gasteiger partial charge is 0.305 e. The number of benzene rings is 2. The number of hydrogen-bond donors (Lipinski definition) is 3. The summed E-state index contributed by atoms with van der Waals surface area (Å²) in [5, 5.41) is 26.4. The van der Waals surface area contributed by atoms with Gasteiger partial charge in [-0.1, -0.05) is 24.3 Å². The van der Waals surface area contributed by atoms with E-state index in [0.717, 1.165) is 18.4 Å². The highest BCUT2D eigenvalue weighted by Gasteiger charge is 2.26. The predicted molar refractivity (Wildman–Crippen MR) is 103 cm³/mol. The maximum Gasteiger partial charge on any atom is 0.305 e. The summed E-state index contributed by atoms with van der Waals surface area (Å²) in [7, 11) is 0. The Bertz CT molecular complexity index is 924. The topological polar surface area (TPSA) is 122 Å². The summed E-state index contributed by atoms with van der Waals surface area (Å²) in [4.78, 5) is 34.8. The summed E-state index contributed by atoms with van der Waals surface area (Å²) in [6.07, 6.45) is 1.64. The number of nitro benzene ring substituents is 1. The van der Waals surface area contributed by atoms with Gasteiger partial charge >= 0.3 is 5.97 Å². The normalized spacial score (nSPS) is 14.2. The first-order valence-corrected chi connectivity index (χ1v) is 8.98. The first-order chi connectivity index (χ1) is 13.3. The lowest BCUT2D eigenvalue weighted by Crippen LogP contribution is -2.30. The average Bonchev–Trinajstić information content (AvgIpc) is 3.45. The zero-order valence-electron chi connectivity index (χ0n) is 15.3. The van der Waals surface area contributed by atoms with Gasteiger partial charge in [-0.3, -0.25) is 19.7 Å². The largest absolute Gasteiger partial charge is 0.481 e. The molecule has 0 radical (unpaired) electrons. The van der Waals surface area contributed by atoms with E-state index in [1.165, 1.54) is 18.2 Å². The van der Waals surface area contributed by atoms with E-state index in [-0.39, 0.29) is 23.7 Å². The number of rotatable bonds is 8. The lowest BCUT2D eigenvalue weighted by Gasteiger charge is -2.19. The van der Waals surface area contributed by atoms with Crippen molar-refractivity contribution in [1.29, 1.82) is 0 Å². The Labute approximate surface area is 161 Å². The molecule has 28 heavy (non-hydrogen) atoms. The van der Waals surface area contributed by atoms with Gasteiger partial charge in [0.05, 0.1) is 17.4 Å². The third-order valence-electron chi connectivity index (χ3n) is 4.64. The minimum Gasteiger partial charge on any atom is -0.481 e. The fourth-order valence-electron chi connectivity index (χ4n) is 3.03. The zero-order valence-corrected chi connectivity index (χ0v) is 15.3. The summed E-state index contributed by atoms with van der Waals surface area (Å²) in [6, 6.07) is 10.9. The molecule has 3 rings (SSSR count). The van der Waals surface area contributed by atoms with Gasteiger partial charge in [-0.25, -0.2) is 0 Å². The highest BCUT2D eigenvalue weighted by atomic mass is 16.6. The third-order valence-corrected chi connectivity index (χ3v) is 4.64. The molecule has 2 aromatic carbocycles. The Kier molecular flexibility index (Phi) is 5.58. The van der Waals surface area contributed by atoms with E-state index in [9.17, 15) is 24.8 Å². The Hall–Kier alpha value is -3.42. The number of amides is 1. The van der Waals surface area contributed by atoms with Gasteiger partial charge in [0.25, 0.3) is 11.6 Å². The maximum absolute atomic E-state index is 12.7. The highest BCUT2D eigenvalue weighted by Crippen LogP contribution is 2.32. The van der Waals surface area contributed by atoms with Gasteiger partial charge < -0.3 is 15.7 Å². The molecule has 3 N–H and O–H groups in total. The minimum atomic E-state index is -1.05. The molecule has 1 atom stereocenters. The molecule has 1 amide bonds. The van der Waals surface area contributed by atoms with Crippen molar-refractivity contribution < 1.29 is 19.6 Å². The second-order valence-electron chi connectivity index (χ2n) is 6.89. The van der Waals surface area contributed by atoms with Crippen LogP contribution < -0.4 is 10.6 Å². The van der Waals surface area contributed by atoms with E-state index in [2.05, 4.69) is 10.6 Å². The van der Waals surface area contributed by atoms with Gasteiger partial charge in [0, 0.05) is 17.7 Å². The number of carboxylic acid groups (broad SMARTS) is 1. The predicted octanol–water partition coefficient (Wildman–Crippen LogP) is 3.42. The number of nitro groups is 1. The first kappa shape index (κ1) is 19.3. The second-order valence-corrected chi connectivity index (χ2v) is 6.89. The number of carbonyl (C=O) groups excluding carboxylic acids is 1. The van der Waals surface area contributed by atoms with E-state index < -0.39 is 22.8 Å². The summed E-state index contributed by atoms with van der Waals surface area (Å²) in [6.45, 7) is 1.83. The van der Waals surface area contributed by atoms with Crippen LogP contribution in [0.1, 0.15) is 46.8 Å². The van der Waals surface area contributed by atoms with Crippen molar-refractivity contribution in [1.82, 2.24) is 5.32 Å². The van der Waals surface area contributed by atoms with Gasteiger partial charge in [-0.15, -0.1) is 0 Å². The molecule has 8 heteroatoms. The zero-order chi connectivity index (χ0) is 20.3. The van der Waals surface area contributed by atoms with Crippen LogP contribution in [0, 0.1) is 17.0 Å². The van der Waals surface area contributed by atoms with Crippen LogP contribution in [0.2, 0.25) is 0 Å². The first-order valence-electron chi connectivity index (χ1n) is 8.98. The molecule has 1 aliphatic carbocycles. The number of nitrogens with zero attached hydrogens (tertiary/aromatic N) is 1. The Morgan fingerprint density at radius 3 is 2.57 bits per heavy atom. The quantitative estimate of drug-likeness (QED) is 0.474. The molecular weight excluding hydrogens is 362 g/mol. The molecule has 1 fully saturated rings. The van der Waals surface area contributed by atoms with E-state index in [4.69, 9.17) is 0 Å². The van der Waals surface area contributed by atoms with Crippen LogP contribution in [0.5, 0.6) is 0 Å². The molecule has 1 aliphatic rings. The van der Waals surface area contributed by atoms with Crippen molar-refractivity contribution in [2.24, 2.45) is 0 Å². The van der Waals surface area contributed by atoms with Gasteiger partial charge in [0.15, 0.2) is 0 Å². The van der Waals surface area contributed by atoms with Gasteiger partial charge in [0.2, 0.25) is 0 Å². The van der Waals surface area contributed by atoms with Crippen LogP contribution in [0.3, 0.4) is 0 Å². The van der Waals surface area contributed by atoms with Crippen molar-refractivity contribution in [3.05, 3.63) is 69.3 Å². The van der Waals surface area contributed by atoms with E-state index >= 15 is 0 Å². The fourth-order valence-corrected chi connectivity index (χ4v) is 3.03. The summed E-state index contributed by atoms with van der Waals surface area (Å²) < 4.78 is 0. The molecule has 1 unspecified atom stereocenters.